The molecule has 0 radical (unpaired) electrons. The first kappa shape index (κ1) is 16.2. The van der Waals surface area contributed by atoms with Gasteiger partial charge < -0.3 is 14.6 Å². The molecular weight excluding hydrogens is 336 g/mol. The van der Waals surface area contributed by atoms with Crippen molar-refractivity contribution in [2.75, 3.05) is 13.2 Å². The van der Waals surface area contributed by atoms with Crippen molar-refractivity contribution >= 4 is 28.3 Å². The molecule has 0 saturated carbocycles. The Morgan fingerprint density at radius 1 is 1.40 bits per heavy atom. The first-order valence-electron chi connectivity index (χ1n) is 8.48. The minimum absolute atomic E-state index is 0.0616. The monoisotopic (exact) mass is 356 g/mol. The first-order chi connectivity index (χ1) is 12.2. The molecule has 1 saturated heterocycles. The molecule has 1 aliphatic heterocycles. The van der Waals surface area contributed by atoms with E-state index in [4.69, 9.17) is 4.74 Å². The third-order valence-electron chi connectivity index (χ3n) is 4.47. The van der Waals surface area contributed by atoms with Crippen molar-refractivity contribution in [1.29, 1.82) is 0 Å². The summed E-state index contributed by atoms with van der Waals surface area (Å²) in [6.07, 6.45) is 2.79. The fourth-order valence-corrected chi connectivity index (χ4v) is 3.99. The smallest absolute Gasteiger partial charge is 0.270 e. The minimum atomic E-state index is -0.140. The number of aromatic nitrogens is 3. The zero-order chi connectivity index (χ0) is 17.2. The van der Waals surface area contributed by atoms with E-state index in [1.165, 1.54) is 11.3 Å². The average molecular weight is 356 g/mol. The lowest BCUT2D eigenvalue weighted by Gasteiger charge is -2.05. The third-order valence-corrected chi connectivity index (χ3v) is 5.41. The number of rotatable bonds is 5. The average Bonchev–Trinajstić information content (AvgIpc) is 3.35. The lowest BCUT2D eigenvalue weighted by molar-refractivity contribution is 0.0946. The van der Waals surface area contributed by atoms with Crippen LogP contribution < -0.4 is 5.32 Å². The van der Waals surface area contributed by atoms with Gasteiger partial charge in [-0.1, -0.05) is 12.1 Å². The number of imidazole rings is 1. The van der Waals surface area contributed by atoms with Crippen molar-refractivity contribution in [2.45, 2.75) is 25.4 Å². The number of nitrogens with zero attached hydrogens (tertiary/aromatic N) is 3. The summed E-state index contributed by atoms with van der Waals surface area (Å²) in [5.74, 6) is 0.819. The maximum atomic E-state index is 12.3. The number of aryl methyl sites for hydroxylation is 1. The number of fused-ring (bicyclic) bond motifs is 1. The first-order valence-corrected chi connectivity index (χ1v) is 9.36. The molecule has 0 aliphatic carbocycles. The summed E-state index contributed by atoms with van der Waals surface area (Å²) in [5, 5.41) is 5.64. The molecule has 0 spiro atoms. The number of nitrogens with one attached hydrogen (secondary N) is 1. The Hall–Kier alpha value is -2.25. The molecule has 7 heteroatoms. The lowest BCUT2D eigenvalue weighted by Crippen LogP contribution is -2.26. The number of benzene rings is 1. The maximum absolute atomic E-state index is 12.3. The highest BCUT2D eigenvalue weighted by Crippen LogP contribution is 2.30. The molecule has 25 heavy (non-hydrogen) atoms. The third kappa shape index (κ3) is 3.29. The van der Waals surface area contributed by atoms with E-state index in [1.807, 2.05) is 31.3 Å². The second-order valence-electron chi connectivity index (χ2n) is 6.15. The zero-order valence-corrected chi connectivity index (χ0v) is 14.9. The number of carbonyl (C=O) groups is 1. The van der Waals surface area contributed by atoms with Crippen molar-refractivity contribution in [3.8, 4) is 0 Å². The van der Waals surface area contributed by atoms with Gasteiger partial charge in [0.15, 0.2) is 0 Å². The highest BCUT2D eigenvalue weighted by Gasteiger charge is 2.22. The van der Waals surface area contributed by atoms with Crippen LogP contribution in [0.1, 0.15) is 40.3 Å². The molecule has 1 N–H and O–H groups in total. The summed E-state index contributed by atoms with van der Waals surface area (Å²) in [4.78, 5) is 21.3. The molecule has 4 rings (SSSR count). The Kier molecular flexibility index (Phi) is 4.50. The van der Waals surface area contributed by atoms with Gasteiger partial charge in [0.05, 0.1) is 11.0 Å². The molecule has 1 atom stereocenters. The van der Waals surface area contributed by atoms with E-state index in [0.29, 0.717) is 18.7 Å². The maximum Gasteiger partial charge on any atom is 0.270 e. The predicted octanol–water partition coefficient (Wildman–Crippen LogP) is 2.85. The Morgan fingerprint density at radius 3 is 3.08 bits per heavy atom. The van der Waals surface area contributed by atoms with E-state index in [1.54, 1.807) is 5.38 Å². The van der Waals surface area contributed by atoms with Crippen LogP contribution in [0.2, 0.25) is 0 Å². The second kappa shape index (κ2) is 6.93. The molecule has 2 aromatic heterocycles. The van der Waals surface area contributed by atoms with E-state index in [0.717, 1.165) is 41.3 Å². The number of hydrogen-bond acceptors (Lipinski definition) is 5. The molecule has 1 amide bonds. The number of thiazole rings is 1. The van der Waals surface area contributed by atoms with Crippen LogP contribution in [0.15, 0.2) is 29.6 Å². The van der Waals surface area contributed by atoms with Crippen LogP contribution in [-0.4, -0.2) is 33.6 Å². The molecule has 0 bridgehead atoms. The Bertz CT molecular complexity index is 896. The lowest BCUT2D eigenvalue weighted by atomic mass is 10.2. The highest BCUT2D eigenvalue weighted by atomic mass is 32.1. The van der Waals surface area contributed by atoms with Crippen molar-refractivity contribution in [1.82, 2.24) is 19.9 Å². The summed E-state index contributed by atoms with van der Waals surface area (Å²) in [6, 6.07) is 8.03. The topological polar surface area (TPSA) is 69.0 Å². The van der Waals surface area contributed by atoms with Gasteiger partial charge in [0.1, 0.15) is 22.6 Å². The van der Waals surface area contributed by atoms with Gasteiger partial charge in [0.25, 0.3) is 5.91 Å². The molecule has 1 fully saturated rings. The van der Waals surface area contributed by atoms with Crippen molar-refractivity contribution in [2.24, 2.45) is 7.05 Å². The number of para-hydroxylation sites is 2. The van der Waals surface area contributed by atoms with Crippen LogP contribution in [0.3, 0.4) is 0 Å². The number of hydrogen-bond donors (Lipinski definition) is 1. The van der Waals surface area contributed by atoms with E-state index >= 15 is 0 Å². The number of carbonyl (C=O) groups excluding carboxylic acids is 1. The van der Waals surface area contributed by atoms with Gasteiger partial charge in [-0.25, -0.2) is 9.97 Å². The van der Waals surface area contributed by atoms with Crippen LogP contribution in [0.4, 0.5) is 0 Å². The van der Waals surface area contributed by atoms with Gasteiger partial charge >= 0.3 is 0 Å². The summed E-state index contributed by atoms with van der Waals surface area (Å²) in [6.45, 7) is 1.31. The summed E-state index contributed by atoms with van der Waals surface area (Å²) in [7, 11) is 2.00. The molecule has 1 aromatic carbocycles. The summed E-state index contributed by atoms with van der Waals surface area (Å²) >= 11 is 1.50. The number of ether oxygens (including phenoxy) is 1. The van der Waals surface area contributed by atoms with Crippen molar-refractivity contribution in [3.05, 3.63) is 46.2 Å². The molecule has 1 unspecified atom stereocenters. The minimum Gasteiger partial charge on any atom is -0.371 e. The van der Waals surface area contributed by atoms with Crippen LogP contribution in [0, 0.1) is 0 Å². The van der Waals surface area contributed by atoms with E-state index in [9.17, 15) is 4.79 Å². The van der Waals surface area contributed by atoms with Gasteiger partial charge in [-0.15, -0.1) is 11.3 Å². The van der Waals surface area contributed by atoms with Crippen molar-refractivity contribution in [3.63, 3.8) is 0 Å². The SMILES string of the molecule is Cn1c(CCNC(=O)c2csc(C3CCCO3)n2)nc2ccccc21. The quantitative estimate of drug-likeness (QED) is 0.763. The second-order valence-corrected chi connectivity index (χ2v) is 7.04. The molecule has 6 nitrogen and oxygen atoms in total. The molecular formula is C18H20N4O2S. The van der Waals surface area contributed by atoms with Crippen LogP contribution in [-0.2, 0) is 18.2 Å². The standard InChI is InChI=1S/C18H20N4O2S/c1-22-14-6-3-2-5-12(14)20-16(22)8-9-19-17(23)13-11-25-18(21-13)15-7-4-10-24-15/h2-3,5-6,11,15H,4,7-10H2,1H3,(H,19,23). The number of amides is 1. The Morgan fingerprint density at radius 2 is 2.28 bits per heavy atom. The molecule has 3 heterocycles. The van der Waals surface area contributed by atoms with Gasteiger partial charge in [0.2, 0.25) is 0 Å². The van der Waals surface area contributed by atoms with E-state index in [-0.39, 0.29) is 12.0 Å². The molecule has 130 valence electrons. The van der Waals surface area contributed by atoms with E-state index in [2.05, 4.69) is 19.9 Å². The van der Waals surface area contributed by atoms with Gasteiger partial charge in [-0.05, 0) is 25.0 Å². The van der Waals surface area contributed by atoms with Crippen LogP contribution in [0.5, 0.6) is 0 Å². The molecule has 3 aromatic rings. The zero-order valence-electron chi connectivity index (χ0n) is 14.1. The summed E-state index contributed by atoms with van der Waals surface area (Å²) < 4.78 is 7.69. The van der Waals surface area contributed by atoms with Gasteiger partial charge in [-0.2, -0.15) is 0 Å². The normalized spacial score (nSPS) is 17.2. The van der Waals surface area contributed by atoms with Crippen LogP contribution >= 0.6 is 11.3 Å². The Labute approximate surface area is 149 Å². The van der Waals surface area contributed by atoms with Crippen molar-refractivity contribution < 1.29 is 9.53 Å². The highest BCUT2D eigenvalue weighted by molar-refractivity contribution is 7.09. The van der Waals surface area contributed by atoms with E-state index < -0.39 is 0 Å². The van der Waals surface area contributed by atoms with Gasteiger partial charge in [0, 0.05) is 32.0 Å². The Balaban J connectivity index is 1.36. The predicted molar refractivity (Wildman–Crippen MR) is 96.8 cm³/mol. The van der Waals surface area contributed by atoms with Gasteiger partial charge in [-0.3, -0.25) is 4.79 Å². The molecule has 1 aliphatic rings. The largest absolute Gasteiger partial charge is 0.371 e. The fourth-order valence-electron chi connectivity index (χ4n) is 3.11. The fraction of sp³-hybridized carbons (Fsp3) is 0.389. The summed E-state index contributed by atoms with van der Waals surface area (Å²) in [5.41, 5.74) is 2.55. The van der Waals surface area contributed by atoms with Crippen LogP contribution in [0.25, 0.3) is 11.0 Å².